The van der Waals surface area contributed by atoms with Crippen LogP contribution in [0.25, 0.3) is 0 Å². The number of benzene rings is 2. The number of amides is 2. The molecule has 0 aliphatic rings. The summed E-state index contributed by atoms with van der Waals surface area (Å²) in [6.45, 7) is 12.2. The minimum Gasteiger partial charge on any atom is -0.325 e. The van der Waals surface area contributed by atoms with E-state index >= 15 is 0 Å². The molecule has 33 heavy (non-hydrogen) atoms. The highest BCUT2D eigenvalue weighted by Crippen LogP contribution is 2.20. The van der Waals surface area contributed by atoms with Crippen LogP contribution < -0.4 is 10.6 Å². The van der Waals surface area contributed by atoms with Gasteiger partial charge in [0.2, 0.25) is 11.8 Å². The number of carbonyl (C=O) groups is 2. The van der Waals surface area contributed by atoms with Crippen LogP contribution in [0.4, 0.5) is 11.4 Å². The predicted octanol–water partition coefficient (Wildman–Crippen LogP) is 4.61. The number of anilines is 2. The van der Waals surface area contributed by atoms with E-state index in [4.69, 9.17) is 0 Å². The lowest BCUT2D eigenvalue weighted by Gasteiger charge is -2.10. The molecule has 0 spiro atoms. The molecule has 0 saturated heterocycles. The van der Waals surface area contributed by atoms with Crippen molar-refractivity contribution in [2.45, 2.75) is 45.8 Å². The van der Waals surface area contributed by atoms with Crippen LogP contribution in [0, 0.1) is 27.7 Å². The van der Waals surface area contributed by atoms with Crippen LogP contribution in [-0.4, -0.2) is 32.3 Å². The number of allylic oxidation sites excluding steroid dienone is 1. The topological polar surface area (TPSA) is 88.9 Å². The third-order valence-electron chi connectivity index (χ3n) is 4.92. The molecule has 0 fully saturated rings. The van der Waals surface area contributed by atoms with E-state index in [0.29, 0.717) is 17.5 Å². The fourth-order valence-electron chi connectivity index (χ4n) is 3.53. The van der Waals surface area contributed by atoms with Crippen LogP contribution in [0.15, 0.2) is 54.2 Å². The number of nitrogens with zero attached hydrogens (tertiary/aromatic N) is 3. The molecule has 0 unspecified atom stereocenters. The Hall–Kier alpha value is -3.39. The molecule has 7 nitrogen and oxygen atoms in total. The van der Waals surface area contributed by atoms with E-state index in [0.717, 1.165) is 33.6 Å². The number of aryl methyl sites for hydroxylation is 4. The van der Waals surface area contributed by atoms with Crippen molar-refractivity contribution in [2.24, 2.45) is 0 Å². The molecule has 0 atom stereocenters. The zero-order chi connectivity index (χ0) is 24.0. The van der Waals surface area contributed by atoms with Crippen LogP contribution in [0.2, 0.25) is 0 Å². The van der Waals surface area contributed by atoms with Crippen LogP contribution in [-0.2, 0) is 22.6 Å². The van der Waals surface area contributed by atoms with Gasteiger partial charge < -0.3 is 15.2 Å². The molecule has 2 N–H and O–H groups in total. The van der Waals surface area contributed by atoms with Gasteiger partial charge in [-0.25, -0.2) is 0 Å². The van der Waals surface area contributed by atoms with Gasteiger partial charge >= 0.3 is 0 Å². The zero-order valence-electron chi connectivity index (χ0n) is 19.4. The Balaban J connectivity index is 1.64. The second-order valence-corrected chi connectivity index (χ2v) is 9.00. The third kappa shape index (κ3) is 6.79. The summed E-state index contributed by atoms with van der Waals surface area (Å²) >= 11 is 1.28. The van der Waals surface area contributed by atoms with Gasteiger partial charge in [-0.15, -0.1) is 16.8 Å². The smallest absolute Gasteiger partial charge is 0.234 e. The van der Waals surface area contributed by atoms with Gasteiger partial charge in [0.1, 0.15) is 5.82 Å². The fourth-order valence-corrected chi connectivity index (χ4v) is 4.30. The van der Waals surface area contributed by atoms with E-state index in [2.05, 4.69) is 33.5 Å². The number of hydrogen-bond acceptors (Lipinski definition) is 5. The van der Waals surface area contributed by atoms with Gasteiger partial charge in [0.05, 0.1) is 12.2 Å². The quantitative estimate of drug-likeness (QED) is 0.357. The van der Waals surface area contributed by atoms with Gasteiger partial charge in [-0.05, 0) is 62.6 Å². The van der Waals surface area contributed by atoms with E-state index in [9.17, 15) is 9.59 Å². The molecular formula is C25H29N5O2S. The molecule has 0 aliphatic carbocycles. The highest BCUT2D eigenvalue weighted by atomic mass is 32.2. The second kappa shape index (κ2) is 11.0. The number of thioether (sulfide) groups is 1. The average Bonchev–Trinajstić information content (AvgIpc) is 3.09. The average molecular weight is 464 g/mol. The van der Waals surface area contributed by atoms with Crippen LogP contribution >= 0.6 is 11.8 Å². The lowest BCUT2D eigenvalue weighted by atomic mass is 10.1. The highest BCUT2D eigenvalue weighted by molar-refractivity contribution is 7.99. The van der Waals surface area contributed by atoms with Crippen molar-refractivity contribution in [3.05, 3.63) is 77.1 Å². The van der Waals surface area contributed by atoms with Crippen LogP contribution in [0.3, 0.4) is 0 Å². The SMILES string of the molecule is C=CCn1c(CC(=O)Nc2ccc(C)cc2C)nnc1SCC(=O)Nc1cc(C)cc(C)c1. The maximum atomic E-state index is 12.6. The first-order valence-electron chi connectivity index (χ1n) is 10.7. The molecule has 1 heterocycles. The summed E-state index contributed by atoms with van der Waals surface area (Å²) in [5.41, 5.74) is 5.87. The number of carbonyl (C=O) groups excluding carboxylic acids is 2. The maximum Gasteiger partial charge on any atom is 0.234 e. The van der Waals surface area contributed by atoms with Crippen LogP contribution in [0.1, 0.15) is 28.1 Å². The maximum absolute atomic E-state index is 12.6. The van der Waals surface area contributed by atoms with Gasteiger partial charge in [-0.1, -0.05) is 41.6 Å². The number of hydrogen-bond donors (Lipinski definition) is 2. The van der Waals surface area contributed by atoms with Crippen molar-refractivity contribution in [3.8, 4) is 0 Å². The van der Waals surface area contributed by atoms with E-state index in [-0.39, 0.29) is 24.0 Å². The minimum atomic E-state index is -0.177. The number of nitrogens with one attached hydrogen (secondary N) is 2. The molecule has 0 saturated carbocycles. The third-order valence-corrected chi connectivity index (χ3v) is 5.88. The Bertz CT molecular complexity index is 1170. The normalized spacial score (nSPS) is 10.7. The Kier molecular flexibility index (Phi) is 8.06. The zero-order valence-corrected chi connectivity index (χ0v) is 20.3. The lowest BCUT2D eigenvalue weighted by molar-refractivity contribution is -0.116. The van der Waals surface area contributed by atoms with E-state index in [1.165, 1.54) is 11.8 Å². The monoisotopic (exact) mass is 463 g/mol. The first kappa shape index (κ1) is 24.3. The standard InChI is InChI=1S/C25H29N5O2S/c1-6-9-30-22(14-23(31)27-21-8-7-16(2)11-19(21)5)28-29-25(30)33-15-24(32)26-20-12-17(3)10-18(4)13-20/h6-8,10-13H,1,9,14-15H2,2-5H3,(H,26,32)(H,27,31). The minimum absolute atomic E-state index is 0.0729. The van der Waals surface area contributed by atoms with E-state index in [1.807, 2.05) is 62.6 Å². The van der Waals surface area contributed by atoms with Crippen molar-refractivity contribution in [3.63, 3.8) is 0 Å². The van der Waals surface area contributed by atoms with Crippen molar-refractivity contribution in [1.29, 1.82) is 0 Å². The molecule has 3 rings (SSSR count). The molecule has 0 aliphatic heterocycles. The molecule has 172 valence electrons. The van der Waals surface area contributed by atoms with E-state index in [1.54, 1.807) is 6.08 Å². The summed E-state index contributed by atoms with van der Waals surface area (Å²) in [4.78, 5) is 25.1. The molecule has 1 aromatic heterocycles. The van der Waals surface area contributed by atoms with Crippen molar-refractivity contribution < 1.29 is 9.59 Å². The van der Waals surface area contributed by atoms with Gasteiger partial charge in [0, 0.05) is 17.9 Å². The number of rotatable bonds is 9. The molecular weight excluding hydrogens is 434 g/mol. The van der Waals surface area contributed by atoms with Gasteiger partial charge in [0.15, 0.2) is 5.16 Å². The highest BCUT2D eigenvalue weighted by Gasteiger charge is 2.17. The predicted molar refractivity (Wildman–Crippen MR) is 134 cm³/mol. The van der Waals surface area contributed by atoms with Gasteiger partial charge in [-0.3, -0.25) is 9.59 Å². The van der Waals surface area contributed by atoms with Gasteiger partial charge in [-0.2, -0.15) is 0 Å². The molecule has 0 radical (unpaired) electrons. The Labute approximate surface area is 198 Å². The Morgan fingerprint density at radius 2 is 1.70 bits per heavy atom. The summed E-state index contributed by atoms with van der Waals surface area (Å²) in [5.74, 6) is 0.391. The molecule has 2 amide bonds. The van der Waals surface area contributed by atoms with Crippen molar-refractivity contribution in [1.82, 2.24) is 14.8 Å². The summed E-state index contributed by atoms with van der Waals surface area (Å²) in [5, 5.41) is 14.8. The first-order valence-corrected chi connectivity index (χ1v) is 11.6. The fraction of sp³-hybridized carbons (Fsp3) is 0.280. The lowest BCUT2D eigenvalue weighted by Crippen LogP contribution is -2.18. The summed E-state index contributed by atoms with van der Waals surface area (Å²) in [6, 6.07) is 11.8. The largest absolute Gasteiger partial charge is 0.325 e. The van der Waals surface area contributed by atoms with Crippen molar-refractivity contribution >= 4 is 35.0 Å². The summed E-state index contributed by atoms with van der Waals surface area (Å²) < 4.78 is 1.81. The summed E-state index contributed by atoms with van der Waals surface area (Å²) in [6.07, 6.45) is 1.79. The molecule has 0 bridgehead atoms. The molecule has 2 aromatic carbocycles. The first-order chi connectivity index (χ1) is 15.7. The van der Waals surface area contributed by atoms with Crippen molar-refractivity contribution in [2.75, 3.05) is 16.4 Å². The molecule has 3 aromatic rings. The molecule has 8 heteroatoms. The van der Waals surface area contributed by atoms with Gasteiger partial charge in [0.25, 0.3) is 0 Å². The van der Waals surface area contributed by atoms with Crippen LogP contribution in [0.5, 0.6) is 0 Å². The number of aromatic nitrogens is 3. The second-order valence-electron chi connectivity index (χ2n) is 8.05. The van der Waals surface area contributed by atoms with E-state index < -0.39 is 0 Å². The Morgan fingerprint density at radius 1 is 0.970 bits per heavy atom. The summed E-state index contributed by atoms with van der Waals surface area (Å²) in [7, 11) is 0. The Morgan fingerprint density at radius 3 is 2.36 bits per heavy atom.